The summed E-state index contributed by atoms with van der Waals surface area (Å²) in [6, 6.07) is 15.8. The number of aromatic nitrogens is 4. The van der Waals surface area contributed by atoms with Gasteiger partial charge in [0.15, 0.2) is 11.0 Å². The van der Waals surface area contributed by atoms with E-state index in [4.69, 9.17) is 21.3 Å². The lowest BCUT2D eigenvalue weighted by Crippen LogP contribution is -2.07. The molecule has 0 fully saturated rings. The minimum Gasteiger partial charge on any atom is -0.486 e. The summed E-state index contributed by atoms with van der Waals surface area (Å²) in [5.41, 5.74) is 3.45. The van der Waals surface area contributed by atoms with Gasteiger partial charge >= 0.3 is 0 Å². The highest BCUT2D eigenvalue weighted by Crippen LogP contribution is 2.28. The van der Waals surface area contributed by atoms with Crippen LogP contribution in [0, 0.1) is 6.92 Å². The third kappa shape index (κ3) is 5.03. The molecule has 0 unspecified atom stereocenters. The van der Waals surface area contributed by atoms with Crippen molar-refractivity contribution in [2.45, 2.75) is 37.9 Å². The van der Waals surface area contributed by atoms with E-state index in [9.17, 15) is 0 Å². The molecule has 8 heteroatoms. The minimum absolute atomic E-state index is 0.358. The van der Waals surface area contributed by atoms with Gasteiger partial charge in [-0.1, -0.05) is 53.2 Å². The van der Waals surface area contributed by atoms with Crippen LogP contribution in [0.2, 0.25) is 5.02 Å². The lowest BCUT2D eigenvalue weighted by atomic mass is 10.2. The SMILES string of the molecule is CCn1c(COc2ccc(Cl)cc2)nnc1SCc1csc(-c2ccc(C)cc2)n1. The predicted molar refractivity (Wildman–Crippen MR) is 123 cm³/mol. The molecule has 5 nitrogen and oxygen atoms in total. The van der Waals surface area contributed by atoms with Crippen molar-refractivity contribution < 1.29 is 4.74 Å². The first-order valence-electron chi connectivity index (χ1n) is 9.57. The molecule has 0 aliphatic carbocycles. The number of ether oxygens (including phenoxy) is 1. The summed E-state index contributed by atoms with van der Waals surface area (Å²) in [7, 11) is 0. The molecule has 0 atom stereocenters. The quantitative estimate of drug-likeness (QED) is 0.293. The van der Waals surface area contributed by atoms with E-state index in [1.54, 1.807) is 35.2 Å². The molecule has 0 saturated carbocycles. The summed E-state index contributed by atoms with van der Waals surface area (Å²) in [6.07, 6.45) is 0. The second kappa shape index (κ2) is 9.64. The van der Waals surface area contributed by atoms with E-state index in [1.165, 1.54) is 5.56 Å². The maximum atomic E-state index is 5.92. The number of thiazole rings is 1. The second-order valence-corrected chi connectivity index (χ2v) is 8.92. The zero-order valence-electron chi connectivity index (χ0n) is 16.7. The van der Waals surface area contributed by atoms with Crippen LogP contribution in [0.4, 0.5) is 0 Å². The Morgan fingerprint density at radius 3 is 2.57 bits per heavy atom. The van der Waals surface area contributed by atoms with E-state index < -0.39 is 0 Å². The van der Waals surface area contributed by atoms with Crippen LogP contribution < -0.4 is 4.74 Å². The van der Waals surface area contributed by atoms with E-state index in [1.807, 2.05) is 12.1 Å². The monoisotopic (exact) mass is 456 g/mol. The van der Waals surface area contributed by atoms with Gasteiger partial charge in [0.2, 0.25) is 0 Å². The van der Waals surface area contributed by atoms with E-state index in [0.29, 0.717) is 11.6 Å². The number of rotatable bonds is 8. The largest absolute Gasteiger partial charge is 0.486 e. The van der Waals surface area contributed by atoms with Gasteiger partial charge in [0, 0.05) is 28.3 Å². The zero-order chi connectivity index (χ0) is 20.9. The van der Waals surface area contributed by atoms with Crippen LogP contribution in [0.15, 0.2) is 59.1 Å². The molecule has 0 radical (unpaired) electrons. The molecule has 2 aromatic heterocycles. The third-order valence-corrected chi connectivity index (χ3v) is 6.68. The fraction of sp³-hybridized carbons (Fsp3) is 0.227. The molecule has 154 valence electrons. The Hall–Kier alpha value is -2.35. The van der Waals surface area contributed by atoms with Gasteiger partial charge in [-0.2, -0.15) is 0 Å². The number of halogens is 1. The van der Waals surface area contributed by atoms with Gasteiger partial charge < -0.3 is 9.30 Å². The maximum absolute atomic E-state index is 5.92. The Labute approximate surface area is 189 Å². The van der Waals surface area contributed by atoms with Gasteiger partial charge in [-0.15, -0.1) is 21.5 Å². The van der Waals surface area contributed by atoms with Gasteiger partial charge in [-0.25, -0.2) is 4.98 Å². The minimum atomic E-state index is 0.358. The Bertz CT molecular complexity index is 1110. The maximum Gasteiger partial charge on any atom is 0.191 e. The molecule has 0 spiro atoms. The lowest BCUT2D eigenvalue weighted by Gasteiger charge is -2.08. The van der Waals surface area contributed by atoms with Crippen LogP contribution in [0.3, 0.4) is 0 Å². The number of aryl methyl sites for hydroxylation is 1. The van der Waals surface area contributed by atoms with E-state index in [-0.39, 0.29) is 0 Å². The van der Waals surface area contributed by atoms with Crippen LogP contribution in [0.5, 0.6) is 5.75 Å². The Balaban J connectivity index is 1.39. The smallest absolute Gasteiger partial charge is 0.191 e. The summed E-state index contributed by atoms with van der Waals surface area (Å²) in [5, 5.41) is 13.4. The average molecular weight is 457 g/mol. The number of thioether (sulfide) groups is 1. The van der Waals surface area contributed by atoms with Crippen molar-refractivity contribution in [3.8, 4) is 16.3 Å². The van der Waals surface area contributed by atoms with E-state index >= 15 is 0 Å². The van der Waals surface area contributed by atoms with Gasteiger partial charge in [-0.3, -0.25) is 0 Å². The average Bonchev–Trinajstić information content (AvgIpc) is 3.39. The highest BCUT2D eigenvalue weighted by molar-refractivity contribution is 7.98. The highest BCUT2D eigenvalue weighted by atomic mass is 35.5. The number of hydrogen-bond donors (Lipinski definition) is 0. The summed E-state index contributed by atoms with van der Waals surface area (Å²) in [6.45, 7) is 5.31. The standard InChI is InChI=1S/C22H21ClN4OS2/c1-3-27-20(12-28-19-10-8-17(23)9-11-19)25-26-22(27)30-14-18-13-29-21(24-18)16-6-4-15(2)5-7-16/h4-11,13H,3,12,14H2,1-2H3. The molecule has 0 bridgehead atoms. The molecule has 4 rings (SSSR count). The van der Waals surface area contributed by atoms with Crippen molar-refractivity contribution in [2.24, 2.45) is 0 Å². The van der Waals surface area contributed by atoms with Crippen molar-refractivity contribution >= 4 is 34.7 Å². The van der Waals surface area contributed by atoms with Crippen LogP contribution in [0.1, 0.15) is 24.0 Å². The van der Waals surface area contributed by atoms with Crippen molar-refractivity contribution in [2.75, 3.05) is 0 Å². The molecule has 0 amide bonds. The number of nitrogens with zero attached hydrogens (tertiary/aromatic N) is 4. The van der Waals surface area contributed by atoms with Crippen LogP contribution >= 0.6 is 34.7 Å². The summed E-state index contributed by atoms with van der Waals surface area (Å²) in [5.74, 6) is 2.30. The fourth-order valence-electron chi connectivity index (χ4n) is 2.87. The van der Waals surface area contributed by atoms with Crippen molar-refractivity contribution in [3.05, 3.63) is 76.0 Å². The lowest BCUT2D eigenvalue weighted by molar-refractivity contribution is 0.288. The molecule has 0 saturated heterocycles. The first-order valence-corrected chi connectivity index (χ1v) is 11.8. The number of hydrogen-bond acceptors (Lipinski definition) is 6. The van der Waals surface area contributed by atoms with Crippen LogP contribution in [-0.2, 0) is 18.9 Å². The summed E-state index contributed by atoms with van der Waals surface area (Å²) < 4.78 is 7.90. The predicted octanol–water partition coefficient (Wildman–Crippen LogP) is 6.25. The van der Waals surface area contributed by atoms with Crippen LogP contribution in [-0.4, -0.2) is 19.7 Å². The molecule has 0 N–H and O–H groups in total. The fourth-order valence-corrected chi connectivity index (χ4v) is 4.84. The first kappa shape index (κ1) is 20.9. The van der Waals surface area contributed by atoms with Crippen molar-refractivity contribution in [1.82, 2.24) is 19.7 Å². The van der Waals surface area contributed by atoms with Gasteiger partial charge in [0.25, 0.3) is 0 Å². The summed E-state index contributed by atoms with van der Waals surface area (Å²) >= 11 is 9.23. The topological polar surface area (TPSA) is 52.8 Å². The molecule has 2 heterocycles. The van der Waals surface area contributed by atoms with E-state index in [0.717, 1.165) is 45.3 Å². The molecule has 0 aliphatic heterocycles. The Morgan fingerprint density at radius 1 is 1.07 bits per heavy atom. The van der Waals surface area contributed by atoms with Crippen molar-refractivity contribution in [3.63, 3.8) is 0 Å². The molecule has 0 aliphatic rings. The molecular weight excluding hydrogens is 436 g/mol. The third-order valence-electron chi connectivity index (χ3n) is 4.49. The van der Waals surface area contributed by atoms with E-state index in [2.05, 4.69) is 58.3 Å². The Kier molecular flexibility index (Phi) is 6.72. The number of benzene rings is 2. The second-order valence-electron chi connectivity index (χ2n) is 6.68. The van der Waals surface area contributed by atoms with Gasteiger partial charge in [0.1, 0.15) is 17.4 Å². The van der Waals surface area contributed by atoms with Gasteiger partial charge in [0.05, 0.1) is 5.69 Å². The molecular formula is C22H21ClN4OS2. The summed E-state index contributed by atoms with van der Waals surface area (Å²) in [4.78, 5) is 4.78. The first-order chi connectivity index (χ1) is 14.6. The highest BCUT2D eigenvalue weighted by Gasteiger charge is 2.13. The molecule has 4 aromatic rings. The van der Waals surface area contributed by atoms with Crippen molar-refractivity contribution in [1.29, 1.82) is 0 Å². The molecule has 2 aromatic carbocycles. The molecule has 30 heavy (non-hydrogen) atoms. The zero-order valence-corrected chi connectivity index (χ0v) is 19.1. The van der Waals surface area contributed by atoms with Crippen LogP contribution in [0.25, 0.3) is 10.6 Å². The normalized spacial score (nSPS) is 11.0. The van der Waals surface area contributed by atoms with Gasteiger partial charge in [-0.05, 0) is 38.1 Å². The Morgan fingerprint density at radius 2 is 1.83 bits per heavy atom.